The number of ether oxygens (including phenoxy) is 1. The highest BCUT2D eigenvalue weighted by Crippen LogP contribution is 1.99. The predicted octanol–water partition coefficient (Wildman–Crippen LogP) is 0.932. The van der Waals surface area contributed by atoms with Crippen molar-refractivity contribution in [2.24, 2.45) is 0 Å². The molecule has 0 spiro atoms. The van der Waals surface area contributed by atoms with Crippen molar-refractivity contribution in [3.63, 3.8) is 0 Å². The van der Waals surface area contributed by atoms with Crippen LogP contribution in [0.3, 0.4) is 0 Å². The Balaban J connectivity index is 3.87. The van der Waals surface area contributed by atoms with Gasteiger partial charge in [0, 0.05) is 13.7 Å². The van der Waals surface area contributed by atoms with Gasteiger partial charge in [0.15, 0.2) is 0 Å². The monoisotopic (exact) mass is 173 g/mol. The number of hydrogen-bond acceptors (Lipinski definition) is 3. The molecule has 0 saturated heterocycles. The molecule has 0 N–H and O–H groups in total. The van der Waals surface area contributed by atoms with Crippen LogP contribution in [-0.4, -0.2) is 43.5 Å². The molecule has 0 radical (unpaired) electrons. The number of Topliss-reactive ketones (excluding diaryl/α,β-unsaturated/α-hetero) is 1. The maximum Gasteiger partial charge on any atom is 0.146 e. The molecule has 0 aromatic rings. The summed E-state index contributed by atoms with van der Waals surface area (Å²) in [6.45, 7) is 8.01. The van der Waals surface area contributed by atoms with Gasteiger partial charge in [0.2, 0.25) is 0 Å². The summed E-state index contributed by atoms with van der Waals surface area (Å²) in [6, 6.07) is 0.0187. The Kier molecular flexibility index (Phi) is 5.93. The largest absolute Gasteiger partial charge is 0.383 e. The number of carbonyl (C=O) groups is 1. The SMILES string of the molecule is CCN(CCOC)C(C)C(C)=O. The fourth-order valence-electron chi connectivity index (χ4n) is 1.09. The topological polar surface area (TPSA) is 29.5 Å². The fourth-order valence-corrected chi connectivity index (χ4v) is 1.09. The normalized spacial score (nSPS) is 13.4. The van der Waals surface area contributed by atoms with Gasteiger partial charge in [-0.2, -0.15) is 0 Å². The van der Waals surface area contributed by atoms with Gasteiger partial charge in [-0.05, 0) is 20.4 Å². The van der Waals surface area contributed by atoms with Crippen LogP contribution in [0.5, 0.6) is 0 Å². The molecule has 3 heteroatoms. The van der Waals surface area contributed by atoms with Crippen molar-refractivity contribution in [3.8, 4) is 0 Å². The van der Waals surface area contributed by atoms with Crippen LogP contribution in [0.4, 0.5) is 0 Å². The lowest BCUT2D eigenvalue weighted by Gasteiger charge is -2.25. The van der Waals surface area contributed by atoms with E-state index in [1.54, 1.807) is 14.0 Å². The van der Waals surface area contributed by atoms with Crippen LogP contribution >= 0.6 is 0 Å². The zero-order chi connectivity index (χ0) is 9.56. The molecular weight excluding hydrogens is 154 g/mol. The summed E-state index contributed by atoms with van der Waals surface area (Å²) >= 11 is 0. The van der Waals surface area contributed by atoms with E-state index in [-0.39, 0.29) is 11.8 Å². The van der Waals surface area contributed by atoms with Gasteiger partial charge in [-0.15, -0.1) is 0 Å². The third-order valence-corrected chi connectivity index (χ3v) is 2.12. The van der Waals surface area contributed by atoms with Crippen molar-refractivity contribution in [2.75, 3.05) is 26.8 Å². The summed E-state index contributed by atoms with van der Waals surface area (Å²) < 4.78 is 4.95. The van der Waals surface area contributed by atoms with Crippen LogP contribution in [0.2, 0.25) is 0 Å². The van der Waals surface area contributed by atoms with Crippen LogP contribution in [0, 0.1) is 0 Å². The molecule has 3 nitrogen and oxygen atoms in total. The van der Waals surface area contributed by atoms with E-state index in [4.69, 9.17) is 4.74 Å². The molecule has 0 fully saturated rings. The quantitative estimate of drug-likeness (QED) is 0.598. The van der Waals surface area contributed by atoms with Crippen LogP contribution in [0.25, 0.3) is 0 Å². The van der Waals surface area contributed by atoms with Crippen LogP contribution < -0.4 is 0 Å². The number of rotatable bonds is 6. The minimum absolute atomic E-state index is 0.0187. The Hall–Kier alpha value is -0.410. The van der Waals surface area contributed by atoms with Gasteiger partial charge in [0.1, 0.15) is 5.78 Å². The average molecular weight is 173 g/mol. The standard InChI is InChI=1S/C9H19NO2/c1-5-10(6-7-12-4)8(2)9(3)11/h8H,5-7H2,1-4H3. The number of hydrogen-bond donors (Lipinski definition) is 0. The van der Waals surface area contributed by atoms with Crippen molar-refractivity contribution in [1.82, 2.24) is 4.90 Å². The lowest BCUT2D eigenvalue weighted by atomic mass is 10.2. The van der Waals surface area contributed by atoms with Crippen LogP contribution in [0.1, 0.15) is 20.8 Å². The lowest BCUT2D eigenvalue weighted by Crippen LogP contribution is -2.39. The smallest absolute Gasteiger partial charge is 0.146 e. The number of nitrogens with zero attached hydrogens (tertiary/aromatic N) is 1. The van der Waals surface area contributed by atoms with Crippen molar-refractivity contribution in [1.29, 1.82) is 0 Å². The van der Waals surface area contributed by atoms with E-state index in [0.29, 0.717) is 6.61 Å². The second kappa shape index (κ2) is 6.14. The number of ketones is 1. The van der Waals surface area contributed by atoms with E-state index in [1.165, 1.54) is 0 Å². The molecule has 0 aromatic heterocycles. The van der Waals surface area contributed by atoms with E-state index in [2.05, 4.69) is 11.8 Å². The minimum Gasteiger partial charge on any atom is -0.383 e. The van der Waals surface area contributed by atoms with E-state index < -0.39 is 0 Å². The molecule has 0 bridgehead atoms. The Morgan fingerprint density at radius 3 is 2.50 bits per heavy atom. The molecule has 0 amide bonds. The summed E-state index contributed by atoms with van der Waals surface area (Å²) in [4.78, 5) is 13.1. The average Bonchev–Trinajstić information content (AvgIpc) is 2.05. The van der Waals surface area contributed by atoms with Gasteiger partial charge in [-0.1, -0.05) is 6.92 Å². The molecule has 72 valence electrons. The van der Waals surface area contributed by atoms with E-state index >= 15 is 0 Å². The van der Waals surface area contributed by atoms with Gasteiger partial charge in [0.25, 0.3) is 0 Å². The first-order valence-electron chi connectivity index (χ1n) is 4.36. The van der Waals surface area contributed by atoms with Gasteiger partial charge >= 0.3 is 0 Å². The molecule has 0 aliphatic rings. The van der Waals surface area contributed by atoms with E-state index in [9.17, 15) is 4.79 Å². The third kappa shape index (κ3) is 3.83. The van der Waals surface area contributed by atoms with Gasteiger partial charge in [0.05, 0.1) is 12.6 Å². The van der Waals surface area contributed by atoms with Crippen molar-refractivity contribution >= 4 is 5.78 Å². The fraction of sp³-hybridized carbons (Fsp3) is 0.889. The van der Waals surface area contributed by atoms with Gasteiger partial charge in [-0.3, -0.25) is 9.69 Å². The predicted molar refractivity (Wildman–Crippen MR) is 49.3 cm³/mol. The number of likely N-dealkylation sites (N-methyl/N-ethyl adjacent to an activating group) is 1. The molecule has 0 aromatic carbocycles. The zero-order valence-electron chi connectivity index (χ0n) is 8.46. The molecule has 0 aliphatic heterocycles. The highest BCUT2D eigenvalue weighted by atomic mass is 16.5. The first kappa shape index (κ1) is 11.6. The van der Waals surface area contributed by atoms with Crippen LogP contribution in [0.15, 0.2) is 0 Å². The Bertz CT molecular complexity index is 136. The number of carbonyl (C=O) groups excluding carboxylic acids is 1. The molecule has 0 heterocycles. The highest BCUT2D eigenvalue weighted by molar-refractivity contribution is 5.80. The summed E-state index contributed by atoms with van der Waals surface area (Å²) in [5.41, 5.74) is 0. The first-order chi connectivity index (χ1) is 5.63. The molecule has 12 heavy (non-hydrogen) atoms. The van der Waals surface area contributed by atoms with E-state index in [1.807, 2.05) is 6.92 Å². The molecule has 1 atom stereocenters. The molecule has 0 rings (SSSR count). The lowest BCUT2D eigenvalue weighted by molar-refractivity contribution is -0.121. The maximum atomic E-state index is 11.0. The Morgan fingerprint density at radius 1 is 1.58 bits per heavy atom. The molecular formula is C9H19NO2. The Labute approximate surface area is 74.7 Å². The minimum atomic E-state index is 0.0187. The van der Waals surface area contributed by atoms with E-state index in [0.717, 1.165) is 13.1 Å². The second-order valence-corrected chi connectivity index (χ2v) is 2.91. The highest BCUT2D eigenvalue weighted by Gasteiger charge is 2.14. The molecule has 0 saturated carbocycles. The zero-order valence-corrected chi connectivity index (χ0v) is 8.46. The molecule has 0 aliphatic carbocycles. The summed E-state index contributed by atoms with van der Waals surface area (Å²) in [5.74, 6) is 0.216. The number of methoxy groups -OCH3 is 1. The summed E-state index contributed by atoms with van der Waals surface area (Å²) in [5, 5.41) is 0. The first-order valence-corrected chi connectivity index (χ1v) is 4.36. The van der Waals surface area contributed by atoms with Gasteiger partial charge < -0.3 is 4.74 Å². The second-order valence-electron chi connectivity index (χ2n) is 2.91. The van der Waals surface area contributed by atoms with Crippen LogP contribution in [-0.2, 0) is 9.53 Å². The Morgan fingerprint density at radius 2 is 2.17 bits per heavy atom. The maximum absolute atomic E-state index is 11.0. The van der Waals surface area contributed by atoms with Gasteiger partial charge in [-0.25, -0.2) is 0 Å². The molecule has 1 unspecified atom stereocenters. The van der Waals surface area contributed by atoms with Crippen molar-refractivity contribution in [2.45, 2.75) is 26.8 Å². The third-order valence-electron chi connectivity index (χ3n) is 2.12. The summed E-state index contributed by atoms with van der Waals surface area (Å²) in [7, 11) is 1.67. The van der Waals surface area contributed by atoms with Crippen molar-refractivity contribution in [3.05, 3.63) is 0 Å². The summed E-state index contributed by atoms with van der Waals surface area (Å²) in [6.07, 6.45) is 0. The van der Waals surface area contributed by atoms with Crippen molar-refractivity contribution < 1.29 is 9.53 Å².